The summed E-state index contributed by atoms with van der Waals surface area (Å²) in [6.45, 7) is 3.51. The van der Waals surface area contributed by atoms with Crippen LogP contribution in [0.25, 0.3) is 0 Å². The molecular weight excluding hydrogens is 475 g/mol. The molecule has 0 saturated carbocycles. The minimum atomic E-state index is -3.95. The molecule has 11 heteroatoms. The molecule has 0 aliphatic carbocycles. The summed E-state index contributed by atoms with van der Waals surface area (Å²) < 4.78 is 40.0. The van der Waals surface area contributed by atoms with E-state index in [2.05, 4.69) is 15.6 Å². The Balaban J connectivity index is 1.68. The van der Waals surface area contributed by atoms with Crippen molar-refractivity contribution in [1.82, 2.24) is 19.9 Å². The zero-order valence-electron chi connectivity index (χ0n) is 19.6. The van der Waals surface area contributed by atoms with Crippen LogP contribution in [0.15, 0.2) is 53.7 Å². The number of nitrogens with zero attached hydrogens (tertiary/aromatic N) is 2. The van der Waals surface area contributed by atoms with Crippen molar-refractivity contribution in [3.05, 3.63) is 60.0 Å². The molecule has 0 radical (unpaired) electrons. The lowest BCUT2D eigenvalue weighted by Crippen LogP contribution is -2.52. The maximum absolute atomic E-state index is 13.2. The number of halogens is 1. The van der Waals surface area contributed by atoms with Gasteiger partial charge in [-0.3, -0.25) is 14.4 Å². The van der Waals surface area contributed by atoms with Crippen LogP contribution < -0.4 is 10.6 Å². The number of hydrogen-bond acceptors (Lipinski definition) is 6. The highest BCUT2D eigenvalue weighted by Crippen LogP contribution is 2.18. The maximum atomic E-state index is 13.2. The van der Waals surface area contributed by atoms with Crippen LogP contribution in [0.1, 0.15) is 43.5 Å². The summed E-state index contributed by atoms with van der Waals surface area (Å²) in [7, 11) is -3.95. The van der Waals surface area contributed by atoms with Crippen molar-refractivity contribution in [1.29, 1.82) is 0 Å². The number of sulfonamides is 1. The number of ketones is 1. The third kappa shape index (κ3) is 6.92. The number of carbonyl (C=O) groups is 3. The standard InChI is InChI=1S/C24H29FN4O5S/c1-16(2)14-20(28-23(31)17-8-10-18(25)11-9-17)24(32)27-19-6-5-13-29(15-21(19)30)35(33,34)22-7-3-4-12-26-22/h3-4,7-12,16,19-20H,5-6,13-15H2,1-2H3,(H,27,32)(H,28,31)/t19?,20-/m0/s1. The van der Waals surface area contributed by atoms with Crippen LogP contribution in [-0.2, 0) is 19.6 Å². The highest BCUT2D eigenvalue weighted by Gasteiger charge is 2.34. The van der Waals surface area contributed by atoms with Crippen LogP contribution in [0.2, 0.25) is 0 Å². The van der Waals surface area contributed by atoms with Gasteiger partial charge in [0.1, 0.15) is 11.9 Å². The Kier molecular flexibility index (Phi) is 8.68. The van der Waals surface area contributed by atoms with Crippen LogP contribution in [0.4, 0.5) is 4.39 Å². The van der Waals surface area contributed by atoms with Crippen molar-refractivity contribution >= 4 is 27.6 Å². The fourth-order valence-corrected chi connectivity index (χ4v) is 5.18. The highest BCUT2D eigenvalue weighted by molar-refractivity contribution is 7.89. The number of carbonyl (C=O) groups excluding carboxylic acids is 3. The Hall–Kier alpha value is -3.18. The number of amides is 2. The molecule has 2 atom stereocenters. The Bertz CT molecular complexity index is 1160. The van der Waals surface area contributed by atoms with E-state index in [-0.39, 0.29) is 36.0 Å². The molecule has 1 unspecified atom stereocenters. The van der Waals surface area contributed by atoms with Crippen LogP contribution in [0.5, 0.6) is 0 Å². The van der Waals surface area contributed by atoms with Crippen LogP contribution in [-0.4, -0.2) is 60.5 Å². The third-order valence-electron chi connectivity index (χ3n) is 5.61. The third-order valence-corrected chi connectivity index (χ3v) is 7.38. The maximum Gasteiger partial charge on any atom is 0.260 e. The molecule has 1 saturated heterocycles. The molecular formula is C24H29FN4O5S. The second-order valence-electron chi connectivity index (χ2n) is 8.84. The summed E-state index contributed by atoms with van der Waals surface area (Å²) in [5, 5.41) is 5.21. The monoisotopic (exact) mass is 504 g/mol. The van der Waals surface area contributed by atoms with Gasteiger partial charge < -0.3 is 10.6 Å². The molecule has 2 N–H and O–H groups in total. The van der Waals surface area contributed by atoms with Gasteiger partial charge in [-0.05, 0) is 61.6 Å². The minimum Gasteiger partial charge on any atom is -0.344 e. The van der Waals surface area contributed by atoms with Crippen molar-refractivity contribution in [3.8, 4) is 0 Å². The van der Waals surface area contributed by atoms with Crippen LogP contribution in [0.3, 0.4) is 0 Å². The average molecular weight is 505 g/mol. The van der Waals surface area contributed by atoms with E-state index in [1.165, 1.54) is 24.4 Å². The van der Waals surface area contributed by atoms with Crippen molar-refractivity contribution in [3.63, 3.8) is 0 Å². The molecule has 1 aliphatic heterocycles. The number of benzene rings is 1. The molecule has 35 heavy (non-hydrogen) atoms. The Labute approximate surface area is 204 Å². The van der Waals surface area contributed by atoms with Gasteiger partial charge in [-0.15, -0.1) is 0 Å². The van der Waals surface area contributed by atoms with E-state index in [9.17, 15) is 27.2 Å². The molecule has 0 spiro atoms. The van der Waals surface area contributed by atoms with Crippen molar-refractivity contribution in [2.45, 2.75) is 50.2 Å². The molecule has 1 aromatic carbocycles. The van der Waals surface area contributed by atoms with Gasteiger partial charge in [0, 0.05) is 18.3 Å². The minimum absolute atomic E-state index is 0.0584. The van der Waals surface area contributed by atoms with Gasteiger partial charge in [-0.2, -0.15) is 4.31 Å². The lowest BCUT2D eigenvalue weighted by molar-refractivity contribution is -0.129. The number of hydrogen-bond donors (Lipinski definition) is 2. The molecule has 9 nitrogen and oxygen atoms in total. The molecule has 2 aromatic rings. The highest BCUT2D eigenvalue weighted by atomic mass is 32.2. The molecule has 1 aliphatic rings. The second-order valence-corrected chi connectivity index (χ2v) is 10.7. The van der Waals surface area contributed by atoms with E-state index in [0.29, 0.717) is 12.8 Å². The lowest BCUT2D eigenvalue weighted by Gasteiger charge is -2.23. The quantitative estimate of drug-likeness (QED) is 0.566. The van der Waals surface area contributed by atoms with Crippen molar-refractivity contribution < 1.29 is 27.2 Å². The van der Waals surface area contributed by atoms with Gasteiger partial charge in [0.15, 0.2) is 10.8 Å². The van der Waals surface area contributed by atoms with Gasteiger partial charge in [-0.1, -0.05) is 19.9 Å². The van der Waals surface area contributed by atoms with Gasteiger partial charge in [-0.25, -0.2) is 17.8 Å². The summed E-state index contributed by atoms with van der Waals surface area (Å²) >= 11 is 0. The molecule has 2 amide bonds. The smallest absolute Gasteiger partial charge is 0.260 e. The predicted octanol–water partition coefficient (Wildman–Crippen LogP) is 1.90. The second kappa shape index (κ2) is 11.5. The fraction of sp³-hybridized carbons (Fsp3) is 0.417. The number of pyridine rings is 1. The van der Waals surface area contributed by atoms with E-state index in [0.717, 1.165) is 16.4 Å². The van der Waals surface area contributed by atoms with Gasteiger partial charge in [0.2, 0.25) is 5.91 Å². The Morgan fingerprint density at radius 2 is 1.89 bits per heavy atom. The van der Waals surface area contributed by atoms with Gasteiger partial charge in [0.05, 0.1) is 12.6 Å². The largest absolute Gasteiger partial charge is 0.344 e. The summed E-state index contributed by atoms with van der Waals surface area (Å²) in [6, 6.07) is 7.66. The molecule has 188 valence electrons. The average Bonchev–Trinajstić information content (AvgIpc) is 3.01. The summed E-state index contributed by atoms with van der Waals surface area (Å²) in [4.78, 5) is 42.4. The summed E-state index contributed by atoms with van der Waals surface area (Å²) in [5.74, 6) is -1.94. The van der Waals surface area contributed by atoms with Crippen molar-refractivity contribution in [2.24, 2.45) is 5.92 Å². The lowest BCUT2D eigenvalue weighted by atomic mass is 10.0. The van der Waals surface area contributed by atoms with Crippen LogP contribution >= 0.6 is 0 Å². The topological polar surface area (TPSA) is 126 Å². The summed E-state index contributed by atoms with van der Waals surface area (Å²) in [5.41, 5.74) is 0.203. The molecule has 0 bridgehead atoms. The van der Waals surface area contributed by atoms with Gasteiger partial charge in [0.25, 0.3) is 15.9 Å². The predicted molar refractivity (Wildman–Crippen MR) is 126 cm³/mol. The molecule has 2 heterocycles. The van der Waals surface area contributed by atoms with Crippen LogP contribution in [0, 0.1) is 11.7 Å². The van der Waals surface area contributed by atoms with E-state index in [4.69, 9.17) is 0 Å². The Morgan fingerprint density at radius 1 is 1.17 bits per heavy atom. The number of rotatable bonds is 8. The van der Waals surface area contributed by atoms with E-state index >= 15 is 0 Å². The number of Topliss-reactive ketones (excluding diaryl/α,β-unsaturated/α-hetero) is 1. The number of aromatic nitrogens is 1. The van der Waals surface area contributed by atoms with E-state index < -0.39 is 45.5 Å². The van der Waals surface area contributed by atoms with E-state index in [1.54, 1.807) is 12.1 Å². The first-order chi connectivity index (χ1) is 16.6. The van der Waals surface area contributed by atoms with Gasteiger partial charge >= 0.3 is 0 Å². The first kappa shape index (κ1) is 26.4. The molecule has 1 aromatic heterocycles. The van der Waals surface area contributed by atoms with Crippen molar-refractivity contribution in [2.75, 3.05) is 13.1 Å². The van der Waals surface area contributed by atoms with E-state index in [1.807, 2.05) is 13.8 Å². The first-order valence-corrected chi connectivity index (χ1v) is 12.8. The fourth-order valence-electron chi connectivity index (χ4n) is 3.80. The normalized spacial score (nSPS) is 18.1. The molecule has 3 rings (SSSR count). The first-order valence-electron chi connectivity index (χ1n) is 11.4. The SMILES string of the molecule is CC(C)C[C@H](NC(=O)c1ccc(F)cc1)C(=O)NC1CCCN(S(=O)(=O)c2ccccn2)CC1=O. The zero-order valence-corrected chi connectivity index (χ0v) is 20.4. The summed E-state index contributed by atoms with van der Waals surface area (Å²) in [6.07, 6.45) is 2.31. The number of nitrogens with one attached hydrogen (secondary N) is 2. The zero-order chi connectivity index (χ0) is 25.6. The molecule has 1 fully saturated rings. The Morgan fingerprint density at radius 3 is 2.51 bits per heavy atom.